The van der Waals surface area contributed by atoms with Crippen molar-refractivity contribution in [2.45, 2.75) is 0 Å². The zero-order valence-corrected chi connectivity index (χ0v) is 6.58. The summed E-state index contributed by atoms with van der Waals surface area (Å²) < 4.78 is 28.9. The molecule has 0 aliphatic carbocycles. The van der Waals surface area contributed by atoms with E-state index in [4.69, 9.17) is 14.7 Å². The van der Waals surface area contributed by atoms with Crippen LogP contribution in [0.15, 0.2) is 0 Å². The van der Waals surface area contributed by atoms with Gasteiger partial charge in [0.15, 0.2) is 0 Å². The van der Waals surface area contributed by atoms with Crippen LogP contribution >= 0.6 is 0 Å². The number of nitrogens with zero attached hydrogens (tertiary/aromatic N) is 1. The molecule has 0 rings (SSSR count). The van der Waals surface area contributed by atoms with Crippen LogP contribution in [-0.2, 0) is 35.7 Å². The molecule has 0 aromatic carbocycles. The average Bonchev–Trinajstić information content (AvgIpc) is 1.21. The Labute approximate surface area is 64.3 Å². The van der Waals surface area contributed by atoms with Gasteiger partial charge in [-0.05, 0) is 0 Å². The maximum Gasteiger partial charge on any atom is 0.429 e. The van der Waals surface area contributed by atoms with Gasteiger partial charge in [0, 0.05) is 21.1 Å². The molecular formula is HMoNO6S. The summed E-state index contributed by atoms with van der Waals surface area (Å²) in [6.45, 7) is 0. The van der Waals surface area contributed by atoms with Gasteiger partial charge >= 0.3 is 15.5 Å². The minimum atomic E-state index is -4.92. The molecule has 54 valence electrons. The van der Waals surface area contributed by atoms with E-state index in [0.29, 0.717) is 0 Å². The molecule has 0 aromatic rings. The molecule has 9 heteroatoms. The zero-order chi connectivity index (χ0) is 6.78. The molecule has 0 radical (unpaired) electrons. The second kappa shape index (κ2) is 3.75. The summed E-state index contributed by atoms with van der Waals surface area (Å²) in [5.41, 5.74) is 0. The zero-order valence-electron chi connectivity index (χ0n) is 3.75. The van der Waals surface area contributed by atoms with Gasteiger partial charge in [-0.2, -0.15) is 12.7 Å². The molecule has 0 fully saturated rings. The Bertz CT molecular complexity index is 179. The topological polar surface area (TPSA) is 107 Å². The predicted octanol–water partition coefficient (Wildman–Crippen LogP) is -1.00. The van der Waals surface area contributed by atoms with Crippen LogP contribution in [-0.4, -0.2) is 18.1 Å². The molecule has 0 saturated carbocycles. The third-order valence-corrected chi connectivity index (χ3v) is 0.465. The van der Waals surface area contributed by atoms with Crippen molar-refractivity contribution in [2.24, 2.45) is 0 Å². The van der Waals surface area contributed by atoms with E-state index >= 15 is 0 Å². The molecule has 0 bridgehead atoms. The van der Waals surface area contributed by atoms with Gasteiger partial charge in [-0.25, -0.2) is 0 Å². The molecule has 0 amide bonds. The van der Waals surface area contributed by atoms with Gasteiger partial charge in [0.1, 0.15) is 0 Å². The third-order valence-electron chi connectivity index (χ3n) is 0.155. The number of hydrogen-bond acceptors (Lipinski definition) is 5. The van der Waals surface area contributed by atoms with Crippen molar-refractivity contribution < 1.29 is 43.4 Å². The summed E-state index contributed by atoms with van der Waals surface area (Å²) in [5.74, 6) is 0. The Kier molecular flexibility index (Phi) is 4.83. The molecule has 0 unspecified atom stereocenters. The van der Waals surface area contributed by atoms with Gasteiger partial charge in [0.2, 0.25) is 0 Å². The molecule has 7 nitrogen and oxygen atoms in total. The van der Waals surface area contributed by atoms with Crippen LogP contribution in [0.3, 0.4) is 0 Å². The fraction of sp³-hybridized carbons (Fsp3) is 0. The molecule has 0 aliphatic heterocycles. The quantitative estimate of drug-likeness (QED) is 0.286. The van der Waals surface area contributed by atoms with E-state index in [1.807, 2.05) is 0 Å². The monoisotopic (exact) mass is 241 g/mol. The van der Waals surface area contributed by atoms with Crippen LogP contribution < -0.4 is 0 Å². The SMILES string of the molecule is O=[N+]([O-])OS(=O)(=O)O.[Mo]. The van der Waals surface area contributed by atoms with Crippen molar-refractivity contribution in [1.29, 1.82) is 0 Å². The Morgan fingerprint density at radius 2 is 1.89 bits per heavy atom. The van der Waals surface area contributed by atoms with E-state index in [-0.39, 0.29) is 21.1 Å². The Hall–Kier alpha value is -0.202. The minimum absolute atomic E-state index is 0. The first kappa shape index (κ1) is 11.6. The van der Waals surface area contributed by atoms with Crippen LogP contribution in [0.4, 0.5) is 0 Å². The molecule has 0 atom stereocenters. The van der Waals surface area contributed by atoms with Crippen LogP contribution in [0.1, 0.15) is 0 Å². The van der Waals surface area contributed by atoms with E-state index in [2.05, 4.69) is 4.28 Å². The van der Waals surface area contributed by atoms with Crippen LogP contribution in [0.2, 0.25) is 0 Å². The van der Waals surface area contributed by atoms with Gasteiger partial charge in [-0.3, -0.25) is 4.55 Å². The molecule has 0 spiro atoms. The molecule has 0 saturated heterocycles. The standard InChI is InChI=1S/Mo.HNO6S/c;2-1(3)7-8(4,5)6/h;(H,4,5,6). The van der Waals surface area contributed by atoms with E-state index in [9.17, 15) is 8.42 Å². The molecule has 0 aliphatic rings. The van der Waals surface area contributed by atoms with Crippen LogP contribution in [0.5, 0.6) is 0 Å². The Morgan fingerprint density at radius 3 is 1.89 bits per heavy atom. The average molecular weight is 239 g/mol. The predicted molar refractivity (Wildman–Crippen MR) is 19.6 cm³/mol. The van der Waals surface area contributed by atoms with Crippen molar-refractivity contribution in [3.63, 3.8) is 0 Å². The van der Waals surface area contributed by atoms with Gasteiger partial charge in [-0.15, -0.1) is 10.1 Å². The summed E-state index contributed by atoms with van der Waals surface area (Å²) in [6, 6.07) is 0. The summed E-state index contributed by atoms with van der Waals surface area (Å²) in [6.07, 6.45) is 0. The van der Waals surface area contributed by atoms with Gasteiger partial charge < -0.3 is 0 Å². The Morgan fingerprint density at radius 1 is 1.56 bits per heavy atom. The van der Waals surface area contributed by atoms with E-state index in [0.717, 1.165) is 0 Å². The van der Waals surface area contributed by atoms with Crippen LogP contribution in [0.25, 0.3) is 0 Å². The molecular weight excluding hydrogens is 238 g/mol. The van der Waals surface area contributed by atoms with Gasteiger partial charge in [0.25, 0.3) is 0 Å². The summed E-state index contributed by atoms with van der Waals surface area (Å²) in [4.78, 5) is 9.06. The van der Waals surface area contributed by atoms with Gasteiger partial charge in [-0.1, -0.05) is 0 Å². The molecule has 0 heterocycles. The van der Waals surface area contributed by atoms with Crippen molar-refractivity contribution >= 4 is 10.4 Å². The van der Waals surface area contributed by atoms with Crippen molar-refractivity contribution in [2.75, 3.05) is 0 Å². The van der Waals surface area contributed by atoms with Crippen molar-refractivity contribution in [1.82, 2.24) is 0 Å². The fourth-order valence-corrected chi connectivity index (χ4v) is 0.231. The molecule has 0 aromatic heterocycles. The maximum absolute atomic E-state index is 9.33. The second-order valence-electron chi connectivity index (χ2n) is 0.726. The minimum Gasteiger partial charge on any atom is -0.265 e. The van der Waals surface area contributed by atoms with E-state index < -0.39 is 15.5 Å². The number of hydrogen-bond donors (Lipinski definition) is 1. The van der Waals surface area contributed by atoms with Gasteiger partial charge in [0.05, 0.1) is 0 Å². The van der Waals surface area contributed by atoms with E-state index in [1.54, 1.807) is 0 Å². The summed E-state index contributed by atoms with van der Waals surface area (Å²) in [5, 5.41) is 7.43. The largest absolute Gasteiger partial charge is 0.429 e. The summed E-state index contributed by atoms with van der Waals surface area (Å²) >= 11 is 0. The van der Waals surface area contributed by atoms with E-state index in [1.165, 1.54) is 0 Å². The molecule has 1 N–H and O–H groups in total. The maximum atomic E-state index is 9.33. The number of rotatable bonds is 2. The second-order valence-corrected chi connectivity index (χ2v) is 1.73. The van der Waals surface area contributed by atoms with Crippen molar-refractivity contribution in [3.05, 3.63) is 10.1 Å². The normalized spacial score (nSPS) is 9.44. The van der Waals surface area contributed by atoms with Crippen LogP contribution in [0, 0.1) is 10.1 Å². The molecule has 9 heavy (non-hydrogen) atoms. The smallest absolute Gasteiger partial charge is 0.265 e. The first-order valence-corrected chi connectivity index (χ1v) is 2.60. The third kappa shape index (κ3) is 11.4. The first-order chi connectivity index (χ1) is 3.42. The first-order valence-electron chi connectivity index (χ1n) is 1.23. The fourth-order valence-electron chi connectivity index (χ4n) is 0.0769. The Balaban J connectivity index is 0. The van der Waals surface area contributed by atoms with Crippen molar-refractivity contribution in [3.8, 4) is 0 Å². The summed E-state index contributed by atoms with van der Waals surface area (Å²) in [7, 11) is -4.92.